The van der Waals surface area contributed by atoms with Gasteiger partial charge in [0, 0.05) is 12.1 Å². The van der Waals surface area contributed by atoms with Crippen LogP contribution in [0.15, 0.2) is 34.3 Å². The first-order chi connectivity index (χ1) is 8.47. The number of guanidine groups is 2. The molecule has 98 valence electrons. The van der Waals surface area contributed by atoms with Crippen molar-refractivity contribution in [3.63, 3.8) is 0 Å². The fraction of sp³-hybridized carbons (Fsp3) is 0.273. The minimum atomic E-state index is -0.404. The zero-order valence-corrected chi connectivity index (χ0v) is 10.2. The monoisotopic (exact) mass is 253 g/mol. The number of rotatable bonds is 3. The molecule has 0 aliphatic heterocycles. The lowest BCUT2D eigenvalue weighted by Crippen LogP contribution is -2.32. The Kier molecular flexibility index (Phi) is 4.91. The number of nitrogens with one attached hydrogen (secondary N) is 1. The SMILES string of the molecule is CC(C)N=C(N=C(N)N)NOc1cccc(F)c1. The number of hydrogen-bond donors (Lipinski definition) is 3. The maximum atomic E-state index is 12.9. The van der Waals surface area contributed by atoms with Crippen molar-refractivity contribution in [1.82, 2.24) is 5.48 Å². The quantitative estimate of drug-likeness (QED) is 0.420. The first kappa shape index (κ1) is 13.8. The first-order valence-corrected chi connectivity index (χ1v) is 5.33. The molecule has 18 heavy (non-hydrogen) atoms. The van der Waals surface area contributed by atoms with Crippen LogP contribution in [0.25, 0.3) is 0 Å². The van der Waals surface area contributed by atoms with Crippen LogP contribution in [-0.2, 0) is 0 Å². The van der Waals surface area contributed by atoms with Crippen LogP contribution >= 0.6 is 0 Å². The predicted molar refractivity (Wildman–Crippen MR) is 68.5 cm³/mol. The molecule has 0 spiro atoms. The van der Waals surface area contributed by atoms with E-state index in [4.69, 9.17) is 16.3 Å². The molecule has 0 saturated heterocycles. The van der Waals surface area contributed by atoms with Gasteiger partial charge in [0.05, 0.1) is 0 Å². The second-order valence-corrected chi connectivity index (χ2v) is 3.74. The van der Waals surface area contributed by atoms with Crippen LogP contribution in [0.3, 0.4) is 0 Å². The standard InChI is InChI=1S/C11H16FN5O/c1-7(2)15-11(16-10(13)14)17-18-9-5-3-4-8(12)6-9/h3-7H,1-2H3,(H5,13,14,15,16,17). The van der Waals surface area contributed by atoms with E-state index in [2.05, 4.69) is 15.5 Å². The first-order valence-electron chi connectivity index (χ1n) is 5.33. The molecule has 0 heterocycles. The van der Waals surface area contributed by atoms with E-state index in [1.807, 2.05) is 13.8 Å². The number of hydrogen-bond acceptors (Lipinski definition) is 2. The van der Waals surface area contributed by atoms with Gasteiger partial charge in [-0.05, 0) is 26.0 Å². The van der Waals surface area contributed by atoms with Crippen molar-refractivity contribution in [3.8, 4) is 5.75 Å². The molecule has 0 radical (unpaired) electrons. The number of halogens is 1. The number of benzene rings is 1. The van der Waals surface area contributed by atoms with Crippen molar-refractivity contribution < 1.29 is 9.23 Å². The third-order valence-corrected chi connectivity index (χ3v) is 1.67. The summed E-state index contributed by atoms with van der Waals surface area (Å²) in [5.41, 5.74) is 13.0. The Morgan fingerprint density at radius 3 is 2.67 bits per heavy atom. The molecular formula is C11H16FN5O. The highest BCUT2D eigenvalue weighted by Gasteiger charge is 2.01. The summed E-state index contributed by atoms with van der Waals surface area (Å²) in [6.07, 6.45) is 0. The lowest BCUT2D eigenvalue weighted by Gasteiger charge is -2.08. The van der Waals surface area contributed by atoms with E-state index < -0.39 is 5.82 Å². The predicted octanol–water partition coefficient (Wildman–Crippen LogP) is 0.747. The number of nitrogens with zero attached hydrogens (tertiary/aromatic N) is 2. The summed E-state index contributed by atoms with van der Waals surface area (Å²) >= 11 is 0. The molecule has 0 atom stereocenters. The third-order valence-electron chi connectivity index (χ3n) is 1.67. The molecule has 0 saturated carbocycles. The Labute approximate surface area is 105 Å². The topological polar surface area (TPSA) is 98.0 Å². The fourth-order valence-electron chi connectivity index (χ4n) is 1.08. The highest BCUT2D eigenvalue weighted by Crippen LogP contribution is 2.10. The maximum absolute atomic E-state index is 12.9. The molecule has 1 rings (SSSR count). The van der Waals surface area contributed by atoms with Gasteiger partial charge in [0.25, 0.3) is 5.96 Å². The number of hydroxylamine groups is 1. The second-order valence-electron chi connectivity index (χ2n) is 3.74. The molecule has 0 bridgehead atoms. The van der Waals surface area contributed by atoms with E-state index in [1.54, 1.807) is 6.07 Å². The minimum Gasteiger partial charge on any atom is -0.379 e. The molecule has 6 nitrogen and oxygen atoms in total. The summed E-state index contributed by atoms with van der Waals surface area (Å²) < 4.78 is 12.9. The molecule has 7 heteroatoms. The van der Waals surface area contributed by atoms with E-state index in [9.17, 15) is 4.39 Å². The Hall–Kier alpha value is -2.31. The Morgan fingerprint density at radius 1 is 1.39 bits per heavy atom. The minimum absolute atomic E-state index is 0.0216. The van der Waals surface area contributed by atoms with E-state index in [1.165, 1.54) is 18.2 Å². The van der Waals surface area contributed by atoms with E-state index in [0.29, 0.717) is 0 Å². The summed E-state index contributed by atoms with van der Waals surface area (Å²) in [6, 6.07) is 5.61. The zero-order valence-electron chi connectivity index (χ0n) is 10.2. The summed E-state index contributed by atoms with van der Waals surface area (Å²) in [6.45, 7) is 3.71. The molecule has 0 amide bonds. The van der Waals surface area contributed by atoms with Crippen molar-refractivity contribution in [2.45, 2.75) is 19.9 Å². The van der Waals surface area contributed by atoms with Crippen LogP contribution in [0.1, 0.15) is 13.8 Å². The molecule has 0 aromatic heterocycles. The van der Waals surface area contributed by atoms with Gasteiger partial charge in [-0.1, -0.05) is 6.07 Å². The summed E-state index contributed by atoms with van der Waals surface area (Å²) in [7, 11) is 0. The van der Waals surface area contributed by atoms with Gasteiger partial charge in [-0.15, -0.1) is 0 Å². The highest BCUT2D eigenvalue weighted by molar-refractivity contribution is 5.92. The maximum Gasteiger partial charge on any atom is 0.255 e. The van der Waals surface area contributed by atoms with E-state index in [0.717, 1.165) is 0 Å². The lowest BCUT2D eigenvalue weighted by atomic mass is 10.3. The average Bonchev–Trinajstić information content (AvgIpc) is 2.24. The second kappa shape index (κ2) is 6.43. The Morgan fingerprint density at radius 2 is 2.11 bits per heavy atom. The van der Waals surface area contributed by atoms with Crippen molar-refractivity contribution in [2.75, 3.05) is 0 Å². The molecular weight excluding hydrogens is 237 g/mol. The molecule has 5 N–H and O–H groups in total. The molecule has 0 fully saturated rings. The lowest BCUT2D eigenvalue weighted by molar-refractivity contribution is 0.259. The summed E-state index contributed by atoms with van der Waals surface area (Å²) in [5.74, 6) is -0.144. The van der Waals surface area contributed by atoms with Crippen molar-refractivity contribution in [3.05, 3.63) is 30.1 Å². The largest absolute Gasteiger partial charge is 0.379 e. The van der Waals surface area contributed by atoms with Gasteiger partial charge in [0.2, 0.25) is 0 Å². The molecule has 1 aromatic rings. The van der Waals surface area contributed by atoms with Crippen LogP contribution in [0.5, 0.6) is 5.75 Å². The smallest absolute Gasteiger partial charge is 0.255 e. The molecule has 0 unspecified atom stereocenters. The normalized spacial score (nSPS) is 11.2. The molecule has 0 aliphatic carbocycles. The van der Waals surface area contributed by atoms with Gasteiger partial charge >= 0.3 is 0 Å². The van der Waals surface area contributed by atoms with E-state index >= 15 is 0 Å². The fourth-order valence-corrected chi connectivity index (χ4v) is 1.08. The van der Waals surface area contributed by atoms with Crippen LogP contribution < -0.4 is 21.8 Å². The van der Waals surface area contributed by atoms with Crippen LogP contribution in [0.2, 0.25) is 0 Å². The Balaban J connectivity index is 2.71. The van der Waals surface area contributed by atoms with Gasteiger partial charge in [0.1, 0.15) is 5.82 Å². The number of aliphatic imine (C=N–C) groups is 2. The zero-order chi connectivity index (χ0) is 13.5. The van der Waals surface area contributed by atoms with Gasteiger partial charge in [0.15, 0.2) is 11.7 Å². The Bertz CT molecular complexity index is 455. The van der Waals surface area contributed by atoms with Gasteiger partial charge in [-0.25, -0.2) is 9.38 Å². The van der Waals surface area contributed by atoms with Gasteiger partial charge in [-0.3, -0.25) is 0 Å². The highest BCUT2D eigenvalue weighted by atomic mass is 19.1. The van der Waals surface area contributed by atoms with Crippen molar-refractivity contribution >= 4 is 11.9 Å². The average molecular weight is 253 g/mol. The van der Waals surface area contributed by atoms with Crippen molar-refractivity contribution in [1.29, 1.82) is 0 Å². The van der Waals surface area contributed by atoms with Crippen LogP contribution in [-0.4, -0.2) is 18.0 Å². The van der Waals surface area contributed by atoms with Gasteiger partial charge < -0.3 is 16.3 Å². The van der Waals surface area contributed by atoms with Crippen LogP contribution in [0, 0.1) is 5.82 Å². The summed E-state index contributed by atoms with van der Waals surface area (Å²) in [5, 5.41) is 0. The van der Waals surface area contributed by atoms with Gasteiger partial charge in [-0.2, -0.15) is 10.5 Å². The van der Waals surface area contributed by atoms with E-state index in [-0.39, 0.29) is 23.7 Å². The summed E-state index contributed by atoms with van der Waals surface area (Å²) in [4.78, 5) is 13.0. The van der Waals surface area contributed by atoms with Crippen LogP contribution in [0.4, 0.5) is 4.39 Å². The molecule has 0 aliphatic rings. The molecule has 1 aromatic carbocycles. The van der Waals surface area contributed by atoms with Crippen molar-refractivity contribution in [2.24, 2.45) is 21.5 Å². The third kappa shape index (κ3) is 5.15. The number of nitrogens with two attached hydrogens (primary N) is 2.